The maximum absolute atomic E-state index is 12.6. The third-order valence-corrected chi connectivity index (χ3v) is 4.82. The first kappa shape index (κ1) is 21.3. The summed E-state index contributed by atoms with van der Waals surface area (Å²) in [5.74, 6) is -0.997. The molecular formula is C21H21N3O5S. The Morgan fingerprint density at radius 2 is 2.07 bits per heavy atom. The SMILES string of the molecule is CCOC(=O)Cc1csc(NC(=O)c2cccn(OCc3cccc(C)c3)c2=O)n1. The van der Waals surface area contributed by atoms with E-state index >= 15 is 0 Å². The van der Waals surface area contributed by atoms with Gasteiger partial charge in [-0.15, -0.1) is 11.3 Å². The van der Waals surface area contributed by atoms with E-state index in [2.05, 4.69) is 10.3 Å². The van der Waals surface area contributed by atoms with Crippen molar-refractivity contribution in [3.63, 3.8) is 0 Å². The lowest BCUT2D eigenvalue weighted by molar-refractivity contribution is -0.142. The van der Waals surface area contributed by atoms with Gasteiger partial charge in [-0.2, -0.15) is 4.73 Å². The van der Waals surface area contributed by atoms with E-state index in [4.69, 9.17) is 9.57 Å². The van der Waals surface area contributed by atoms with E-state index in [1.807, 2.05) is 31.2 Å². The molecule has 2 heterocycles. The van der Waals surface area contributed by atoms with Crippen LogP contribution in [0.25, 0.3) is 0 Å². The number of ether oxygens (including phenoxy) is 1. The van der Waals surface area contributed by atoms with Gasteiger partial charge in [0, 0.05) is 11.6 Å². The lowest BCUT2D eigenvalue weighted by atomic mass is 10.1. The van der Waals surface area contributed by atoms with E-state index in [-0.39, 0.29) is 23.7 Å². The largest absolute Gasteiger partial charge is 0.466 e. The molecule has 3 rings (SSSR count). The van der Waals surface area contributed by atoms with Gasteiger partial charge in [-0.05, 0) is 31.5 Å². The molecule has 0 aliphatic rings. The molecule has 1 amide bonds. The molecule has 0 saturated heterocycles. The van der Waals surface area contributed by atoms with Crippen molar-refractivity contribution in [1.29, 1.82) is 0 Å². The number of esters is 1. The molecule has 0 atom stereocenters. The van der Waals surface area contributed by atoms with Gasteiger partial charge in [0.1, 0.15) is 12.2 Å². The van der Waals surface area contributed by atoms with Crippen molar-refractivity contribution in [3.05, 3.63) is 80.7 Å². The minimum atomic E-state index is -0.606. The van der Waals surface area contributed by atoms with Crippen molar-refractivity contribution >= 4 is 28.3 Å². The zero-order valence-corrected chi connectivity index (χ0v) is 17.4. The number of hydrogen-bond donors (Lipinski definition) is 1. The Hall–Kier alpha value is -3.46. The molecule has 156 valence electrons. The first-order chi connectivity index (χ1) is 14.5. The number of aromatic nitrogens is 2. The van der Waals surface area contributed by atoms with E-state index < -0.39 is 17.4 Å². The van der Waals surface area contributed by atoms with Crippen LogP contribution in [0.3, 0.4) is 0 Å². The van der Waals surface area contributed by atoms with Crippen LogP contribution in [0.2, 0.25) is 0 Å². The molecule has 0 unspecified atom stereocenters. The standard InChI is InChI=1S/C21H21N3O5S/c1-3-28-18(25)11-16-13-30-21(22-16)23-19(26)17-8-5-9-24(20(17)27)29-12-15-7-4-6-14(2)10-15/h4-10,13H,3,11-12H2,1-2H3,(H,22,23,26). The van der Waals surface area contributed by atoms with Crippen LogP contribution in [0.4, 0.5) is 5.13 Å². The Kier molecular flexibility index (Phi) is 6.97. The summed E-state index contributed by atoms with van der Waals surface area (Å²) in [6.07, 6.45) is 1.47. The van der Waals surface area contributed by atoms with Crippen LogP contribution in [0.1, 0.15) is 34.1 Å². The van der Waals surface area contributed by atoms with Crippen molar-refractivity contribution in [2.45, 2.75) is 26.9 Å². The minimum absolute atomic E-state index is 0.0190. The van der Waals surface area contributed by atoms with Gasteiger partial charge in [0.05, 0.1) is 18.7 Å². The molecule has 2 aromatic heterocycles. The van der Waals surface area contributed by atoms with E-state index in [1.165, 1.54) is 12.3 Å². The third kappa shape index (κ3) is 5.54. The highest BCUT2D eigenvalue weighted by molar-refractivity contribution is 7.14. The molecule has 0 aliphatic heterocycles. The van der Waals surface area contributed by atoms with Crippen molar-refractivity contribution in [3.8, 4) is 0 Å². The zero-order chi connectivity index (χ0) is 21.5. The Labute approximate surface area is 177 Å². The lowest BCUT2D eigenvalue weighted by Gasteiger charge is -2.10. The number of rotatable bonds is 8. The fourth-order valence-electron chi connectivity index (χ4n) is 2.67. The predicted molar refractivity (Wildman–Crippen MR) is 113 cm³/mol. The summed E-state index contributed by atoms with van der Waals surface area (Å²) in [4.78, 5) is 46.4. The Balaban J connectivity index is 1.66. The van der Waals surface area contributed by atoms with E-state index in [0.29, 0.717) is 12.3 Å². The number of nitrogens with zero attached hydrogens (tertiary/aromatic N) is 2. The Bertz CT molecular complexity index is 1110. The van der Waals surface area contributed by atoms with Crippen LogP contribution in [-0.2, 0) is 22.6 Å². The van der Waals surface area contributed by atoms with Crippen LogP contribution in [0.5, 0.6) is 0 Å². The number of carbonyl (C=O) groups excluding carboxylic acids is 2. The highest BCUT2D eigenvalue weighted by Gasteiger charge is 2.16. The number of hydrogen-bond acceptors (Lipinski definition) is 7. The Morgan fingerprint density at radius 1 is 1.23 bits per heavy atom. The molecule has 0 radical (unpaired) electrons. The summed E-state index contributed by atoms with van der Waals surface area (Å²) in [7, 11) is 0. The summed E-state index contributed by atoms with van der Waals surface area (Å²) >= 11 is 1.16. The Morgan fingerprint density at radius 3 is 2.83 bits per heavy atom. The van der Waals surface area contributed by atoms with Crippen LogP contribution < -0.4 is 15.7 Å². The summed E-state index contributed by atoms with van der Waals surface area (Å²) in [6.45, 7) is 4.17. The van der Waals surface area contributed by atoms with Crippen LogP contribution in [-0.4, -0.2) is 28.2 Å². The van der Waals surface area contributed by atoms with E-state index in [1.54, 1.807) is 18.4 Å². The molecule has 1 aromatic carbocycles. The second kappa shape index (κ2) is 9.84. The molecule has 0 aliphatic carbocycles. The maximum atomic E-state index is 12.6. The normalized spacial score (nSPS) is 10.5. The van der Waals surface area contributed by atoms with Gasteiger partial charge in [-0.25, -0.2) is 4.98 Å². The quantitative estimate of drug-likeness (QED) is 0.555. The monoisotopic (exact) mass is 427 g/mol. The second-order valence-electron chi connectivity index (χ2n) is 6.40. The number of benzene rings is 1. The first-order valence-corrected chi connectivity index (χ1v) is 10.2. The average Bonchev–Trinajstić information content (AvgIpc) is 3.14. The van der Waals surface area contributed by atoms with Gasteiger partial charge in [-0.3, -0.25) is 19.7 Å². The van der Waals surface area contributed by atoms with Crippen LogP contribution in [0.15, 0.2) is 52.8 Å². The van der Waals surface area contributed by atoms with E-state index in [9.17, 15) is 14.4 Å². The third-order valence-electron chi connectivity index (χ3n) is 4.02. The van der Waals surface area contributed by atoms with Gasteiger partial charge in [0.15, 0.2) is 5.13 Å². The van der Waals surface area contributed by atoms with Crippen molar-refractivity contribution in [2.24, 2.45) is 0 Å². The molecule has 0 saturated carbocycles. The molecular weight excluding hydrogens is 406 g/mol. The number of thiazole rings is 1. The summed E-state index contributed by atoms with van der Waals surface area (Å²) < 4.78 is 5.91. The molecule has 1 N–H and O–H groups in total. The first-order valence-electron chi connectivity index (χ1n) is 9.28. The number of nitrogens with one attached hydrogen (secondary N) is 1. The molecule has 0 spiro atoms. The highest BCUT2D eigenvalue weighted by Crippen LogP contribution is 2.16. The predicted octanol–water partition coefficient (Wildman–Crippen LogP) is 2.60. The van der Waals surface area contributed by atoms with Gasteiger partial charge < -0.3 is 9.57 Å². The number of carbonyl (C=O) groups is 2. The molecule has 3 aromatic rings. The topological polar surface area (TPSA) is 99.5 Å². The van der Waals surface area contributed by atoms with Crippen LogP contribution >= 0.6 is 11.3 Å². The number of pyridine rings is 1. The highest BCUT2D eigenvalue weighted by atomic mass is 32.1. The van der Waals surface area contributed by atoms with Crippen molar-refractivity contribution < 1.29 is 19.2 Å². The fourth-order valence-corrected chi connectivity index (χ4v) is 3.37. The van der Waals surface area contributed by atoms with Gasteiger partial charge in [0.2, 0.25) is 0 Å². The summed E-state index contributed by atoms with van der Waals surface area (Å²) in [6, 6.07) is 10.7. The number of anilines is 1. The average molecular weight is 427 g/mol. The smallest absolute Gasteiger partial charge is 0.311 e. The minimum Gasteiger partial charge on any atom is -0.466 e. The molecule has 8 nitrogen and oxygen atoms in total. The van der Waals surface area contributed by atoms with Crippen LogP contribution in [0, 0.1) is 6.92 Å². The van der Waals surface area contributed by atoms with Crippen molar-refractivity contribution in [2.75, 3.05) is 11.9 Å². The number of amides is 1. The van der Waals surface area contributed by atoms with Gasteiger partial charge in [0.25, 0.3) is 11.5 Å². The molecule has 0 fully saturated rings. The van der Waals surface area contributed by atoms with Gasteiger partial charge in [-0.1, -0.05) is 29.8 Å². The molecule has 0 bridgehead atoms. The molecule has 9 heteroatoms. The second-order valence-corrected chi connectivity index (χ2v) is 7.25. The maximum Gasteiger partial charge on any atom is 0.311 e. The number of aryl methyl sites for hydroxylation is 1. The fraction of sp³-hybridized carbons (Fsp3) is 0.238. The summed E-state index contributed by atoms with van der Waals surface area (Å²) in [5.41, 5.74) is 1.83. The van der Waals surface area contributed by atoms with E-state index in [0.717, 1.165) is 27.2 Å². The lowest BCUT2D eigenvalue weighted by Crippen LogP contribution is -2.32. The summed E-state index contributed by atoms with van der Waals surface area (Å²) in [5, 5.41) is 4.52. The van der Waals surface area contributed by atoms with Crippen molar-refractivity contribution in [1.82, 2.24) is 9.71 Å². The zero-order valence-electron chi connectivity index (χ0n) is 16.6. The van der Waals surface area contributed by atoms with Gasteiger partial charge >= 0.3 is 5.97 Å². The molecule has 30 heavy (non-hydrogen) atoms.